The van der Waals surface area contributed by atoms with E-state index in [1.807, 2.05) is 37.3 Å². The van der Waals surface area contributed by atoms with Crippen molar-refractivity contribution in [2.45, 2.75) is 32.9 Å². The minimum absolute atomic E-state index is 0.0699. The van der Waals surface area contributed by atoms with E-state index in [9.17, 15) is 4.79 Å². The molecule has 1 aliphatic heterocycles. The highest BCUT2D eigenvalue weighted by Crippen LogP contribution is 2.32. The van der Waals surface area contributed by atoms with Crippen LogP contribution < -0.4 is 4.90 Å². The van der Waals surface area contributed by atoms with Gasteiger partial charge in [0, 0.05) is 37.2 Å². The molecule has 5 nitrogen and oxygen atoms in total. The first-order valence-corrected chi connectivity index (χ1v) is 10.9. The van der Waals surface area contributed by atoms with Crippen LogP contribution in [0.3, 0.4) is 0 Å². The van der Waals surface area contributed by atoms with Gasteiger partial charge in [-0.3, -0.25) is 9.69 Å². The molecular weight excluding hydrogens is 406 g/mol. The molecule has 1 saturated heterocycles. The topological polar surface area (TPSA) is 56.7 Å². The number of aromatic nitrogens is 1. The molecule has 152 valence electrons. The Labute approximate surface area is 179 Å². The van der Waals surface area contributed by atoms with Gasteiger partial charge in [0.15, 0.2) is 5.13 Å². The maximum Gasteiger partial charge on any atom is 0.307 e. The molecule has 1 aromatic heterocycles. The van der Waals surface area contributed by atoms with Crippen LogP contribution >= 0.6 is 22.9 Å². The van der Waals surface area contributed by atoms with Crippen molar-refractivity contribution in [3.8, 4) is 0 Å². The fourth-order valence-corrected chi connectivity index (χ4v) is 5.41. The van der Waals surface area contributed by atoms with E-state index in [4.69, 9.17) is 21.7 Å². The molecule has 0 bridgehead atoms. The Morgan fingerprint density at radius 3 is 2.79 bits per heavy atom. The first kappa shape index (κ1) is 20.1. The maximum atomic E-state index is 11.1. The van der Waals surface area contributed by atoms with Gasteiger partial charge in [0.25, 0.3) is 0 Å². The molecule has 0 spiro atoms. The molecular formula is C22H24ClN3O2S. The van der Waals surface area contributed by atoms with Crippen molar-refractivity contribution in [1.82, 2.24) is 9.88 Å². The van der Waals surface area contributed by atoms with Crippen LogP contribution in [0.25, 0.3) is 10.2 Å². The van der Waals surface area contributed by atoms with Gasteiger partial charge in [0.1, 0.15) is 0 Å². The summed E-state index contributed by atoms with van der Waals surface area (Å²) in [5, 5.41) is 10.9. The van der Waals surface area contributed by atoms with Crippen molar-refractivity contribution in [2.75, 3.05) is 24.5 Å². The smallest absolute Gasteiger partial charge is 0.307 e. The molecule has 3 aromatic rings. The van der Waals surface area contributed by atoms with Crippen LogP contribution in [-0.4, -0.2) is 46.6 Å². The van der Waals surface area contributed by atoms with Crippen LogP contribution in [0.4, 0.5) is 5.13 Å². The number of anilines is 1. The van der Waals surface area contributed by atoms with E-state index in [1.165, 1.54) is 5.56 Å². The lowest BCUT2D eigenvalue weighted by molar-refractivity contribution is -0.136. The second-order valence-corrected chi connectivity index (χ2v) is 9.23. The molecule has 0 aliphatic carbocycles. The molecule has 1 N–H and O–H groups in total. The van der Waals surface area contributed by atoms with E-state index < -0.39 is 5.97 Å². The predicted molar refractivity (Wildman–Crippen MR) is 119 cm³/mol. The van der Waals surface area contributed by atoms with E-state index in [-0.39, 0.29) is 6.42 Å². The van der Waals surface area contributed by atoms with E-state index in [2.05, 4.69) is 22.8 Å². The molecule has 1 aliphatic rings. The summed E-state index contributed by atoms with van der Waals surface area (Å²) in [4.78, 5) is 20.7. The summed E-state index contributed by atoms with van der Waals surface area (Å²) in [6.07, 6.45) is 0.0699. The Morgan fingerprint density at radius 1 is 1.24 bits per heavy atom. The molecule has 7 heteroatoms. The van der Waals surface area contributed by atoms with Crippen molar-refractivity contribution in [2.24, 2.45) is 0 Å². The molecule has 0 unspecified atom stereocenters. The summed E-state index contributed by atoms with van der Waals surface area (Å²) >= 11 is 7.81. The van der Waals surface area contributed by atoms with Crippen molar-refractivity contribution >= 4 is 44.3 Å². The number of nitrogens with zero attached hydrogens (tertiary/aromatic N) is 3. The molecule has 0 radical (unpaired) electrons. The average Bonchev–Trinajstić information content (AvgIpc) is 3.03. The molecule has 0 saturated carbocycles. The summed E-state index contributed by atoms with van der Waals surface area (Å²) in [6, 6.07) is 12.3. The monoisotopic (exact) mass is 429 g/mol. The van der Waals surface area contributed by atoms with Crippen molar-refractivity contribution in [3.63, 3.8) is 0 Å². The van der Waals surface area contributed by atoms with Gasteiger partial charge in [-0.25, -0.2) is 4.98 Å². The van der Waals surface area contributed by atoms with Gasteiger partial charge in [-0.1, -0.05) is 46.7 Å². The molecule has 2 heterocycles. The second kappa shape index (κ2) is 8.30. The Hall–Kier alpha value is -2.15. The van der Waals surface area contributed by atoms with Crippen molar-refractivity contribution < 1.29 is 9.90 Å². The highest BCUT2D eigenvalue weighted by atomic mass is 35.5. The quantitative estimate of drug-likeness (QED) is 0.642. The lowest BCUT2D eigenvalue weighted by Gasteiger charge is -2.39. The Morgan fingerprint density at radius 2 is 2.03 bits per heavy atom. The summed E-state index contributed by atoms with van der Waals surface area (Å²) in [5.41, 5.74) is 4.15. The Balaban J connectivity index is 1.45. The summed E-state index contributed by atoms with van der Waals surface area (Å²) < 4.78 is 1.12. The number of hydrogen-bond acceptors (Lipinski definition) is 5. The number of benzene rings is 2. The van der Waals surface area contributed by atoms with Gasteiger partial charge in [-0.15, -0.1) is 0 Å². The highest BCUT2D eigenvalue weighted by Gasteiger charge is 2.26. The fraction of sp³-hybridized carbons (Fsp3) is 0.364. The van der Waals surface area contributed by atoms with Crippen LogP contribution in [0.1, 0.15) is 23.6 Å². The van der Waals surface area contributed by atoms with Crippen LogP contribution in [0.2, 0.25) is 5.02 Å². The zero-order chi connectivity index (χ0) is 20.5. The number of halogens is 1. The minimum Gasteiger partial charge on any atom is -0.481 e. The van der Waals surface area contributed by atoms with Gasteiger partial charge in [0.2, 0.25) is 0 Å². The van der Waals surface area contributed by atoms with Crippen LogP contribution in [-0.2, 0) is 17.8 Å². The number of thiazole rings is 1. The summed E-state index contributed by atoms with van der Waals surface area (Å²) in [6.45, 7) is 7.90. The zero-order valence-corrected chi connectivity index (χ0v) is 18.1. The highest BCUT2D eigenvalue weighted by molar-refractivity contribution is 7.22. The second-order valence-electron chi connectivity index (χ2n) is 7.78. The normalized spacial score (nSPS) is 17.8. The van der Waals surface area contributed by atoms with E-state index >= 15 is 0 Å². The summed E-state index contributed by atoms with van der Waals surface area (Å²) in [7, 11) is 0. The van der Waals surface area contributed by atoms with Gasteiger partial charge < -0.3 is 10.0 Å². The molecule has 1 atom stereocenters. The number of aliphatic carboxylic acids is 1. The maximum absolute atomic E-state index is 11.1. The number of carboxylic acid groups (broad SMARTS) is 1. The standard InChI is InChI=1S/C22H24ClN3O2S/c1-14-7-16(10-21(27)28)9-17(8-14)13-25-5-6-26(15(2)12-25)22-24-19-4-3-18(23)11-20(19)29-22/h3-4,7-9,11,15H,5-6,10,12-13H2,1-2H3,(H,27,28)/t15-/m1/s1. The first-order chi connectivity index (χ1) is 13.9. The van der Waals surface area contributed by atoms with Crippen LogP contribution in [0, 0.1) is 6.92 Å². The molecule has 4 rings (SSSR count). The third-order valence-electron chi connectivity index (χ3n) is 5.25. The van der Waals surface area contributed by atoms with Crippen LogP contribution in [0.15, 0.2) is 36.4 Å². The van der Waals surface area contributed by atoms with Gasteiger partial charge in [-0.2, -0.15) is 0 Å². The fourth-order valence-electron chi connectivity index (χ4n) is 4.04. The van der Waals surface area contributed by atoms with Gasteiger partial charge in [-0.05, 0) is 43.2 Å². The Bertz CT molecular complexity index is 1050. The number of rotatable bonds is 5. The lowest BCUT2D eigenvalue weighted by atomic mass is 10.0. The number of aryl methyl sites for hydroxylation is 1. The third kappa shape index (κ3) is 4.71. The van der Waals surface area contributed by atoms with Crippen LogP contribution in [0.5, 0.6) is 0 Å². The number of piperazine rings is 1. The summed E-state index contributed by atoms with van der Waals surface area (Å²) in [5.74, 6) is -0.791. The average molecular weight is 430 g/mol. The molecule has 0 amide bonds. The van der Waals surface area contributed by atoms with Crippen molar-refractivity contribution in [1.29, 1.82) is 0 Å². The van der Waals surface area contributed by atoms with E-state index in [0.29, 0.717) is 6.04 Å². The lowest BCUT2D eigenvalue weighted by Crippen LogP contribution is -2.51. The number of fused-ring (bicyclic) bond motifs is 1. The first-order valence-electron chi connectivity index (χ1n) is 9.74. The number of hydrogen-bond donors (Lipinski definition) is 1. The zero-order valence-electron chi connectivity index (χ0n) is 16.6. The van der Waals surface area contributed by atoms with E-state index in [0.717, 1.165) is 57.7 Å². The molecule has 2 aromatic carbocycles. The third-order valence-corrected chi connectivity index (χ3v) is 6.55. The number of carboxylic acids is 1. The van der Waals surface area contributed by atoms with E-state index in [1.54, 1.807) is 11.3 Å². The minimum atomic E-state index is -0.791. The Kier molecular flexibility index (Phi) is 5.76. The number of carbonyl (C=O) groups is 1. The molecule has 1 fully saturated rings. The SMILES string of the molecule is Cc1cc(CC(=O)O)cc(CN2CCN(c3nc4ccc(Cl)cc4s3)[C@H](C)C2)c1. The van der Waals surface area contributed by atoms with Crippen molar-refractivity contribution in [3.05, 3.63) is 58.1 Å². The largest absolute Gasteiger partial charge is 0.481 e. The van der Waals surface area contributed by atoms with Gasteiger partial charge in [0.05, 0.1) is 16.6 Å². The molecule has 29 heavy (non-hydrogen) atoms. The van der Waals surface area contributed by atoms with Gasteiger partial charge >= 0.3 is 5.97 Å². The predicted octanol–water partition coefficient (Wildman–Crippen LogP) is 4.60.